The van der Waals surface area contributed by atoms with Gasteiger partial charge in [0.1, 0.15) is 0 Å². The van der Waals surface area contributed by atoms with Crippen molar-refractivity contribution in [1.82, 2.24) is 9.03 Å². The van der Waals surface area contributed by atoms with Crippen LogP contribution in [-0.4, -0.2) is 25.8 Å². The minimum absolute atomic E-state index is 0.0967. The van der Waals surface area contributed by atoms with Crippen LogP contribution in [-0.2, 0) is 10.2 Å². The summed E-state index contributed by atoms with van der Waals surface area (Å²) >= 11 is 1.59. The fraction of sp³-hybridized carbons (Fsp3) is 0.636. The molecule has 0 saturated carbocycles. The summed E-state index contributed by atoms with van der Waals surface area (Å²) in [6, 6.07) is 3.83. The smallest absolute Gasteiger partial charge is 0.195 e. The summed E-state index contributed by atoms with van der Waals surface area (Å²) in [7, 11) is -3.31. The summed E-state index contributed by atoms with van der Waals surface area (Å²) in [4.78, 5) is 1.08. The highest BCUT2D eigenvalue weighted by Crippen LogP contribution is 2.23. The van der Waals surface area contributed by atoms with Crippen molar-refractivity contribution in [3.05, 3.63) is 22.4 Å². The molecule has 0 aliphatic carbocycles. The van der Waals surface area contributed by atoms with Gasteiger partial charge < -0.3 is 0 Å². The molecule has 1 aromatic heterocycles. The highest BCUT2D eigenvalue weighted by molar-refractivity contribution is 7.87. The van der Waals surface area contributed by atoms with Crippen molar-refractivity contribution < 1.29 is 8.42 Å². The normalized spacial score (nSPS) is 19.6. The van der Waals surface area contributed by atoms with E-state index in [-0.39, 0.29) is 6.04 Å². The zero-order valence-electron chi connectivity index (χ0n) is 9.93. The van der Waals surface area contributed by atoms with Crippen LogP contribution in [0.25, 0.3) is 0 Å². The Bertz CT molecular complexity index is 436. The number of rotatable bonds is 5. The molecule has 1 fully saturated rings. The zero-order chi connectivity index (χ0) is 12.3. The standard InChI is InChI=1S/C11H18N2O2S2/c1-2-10(11-6-5-9-16-11)12-17(14,15)13-7-3-4-8-13/h5-6,9-10,12H,2-4,7-8H2,1H3. The third kappa shape index (κ3) is 3.07. The van der Waals surface area contributed by atoms with Crippen LogP contribution in [0.1, 0.15) is 37.1 Å². The summed E-state index contributed by atoms with van der Waals surface area (Å²) in [5.41, 5.74) is 0. The van der Waals surface area contributed by atoms with E-state index in [4.69, 9.17) is 0 Å². The van der Waals surface area contributed by atoms with E-state index in [2.05, 4.69) is 4.72 Å². The van der Waals surface area contributed by atoms with Gasteiger partial charge in [-0.15, -0.1) is 11.3 Å². The van der Waals surface area contributed by atoms with E-state index in [0.717, 1.165) is 24.1 Å². The van der Waals surface area contributed by atoms with Gasteiger partial charge in [-0.25, -0.2) is 0 Å². The molecule has 0 aromatic carbocycles. The van der Waals surface area contributed by atoms with Gasteiger partial charge in [0, 0.05) is 18.0 Å². The molecule has 0 amide bonds. The number of thiophene rings is 1. The largest absolute Gasteiger partial charge is 0.280 e. The second-order valence-electron chi connectivity index (χ2n) is 4.21. The van der Waals surface area contributed by atoms with E-state index in [1.54, 1.807) is 15.6 Å². The highest BCUT2D eigenvalue weighted by Gasteiger charge is 2.27. The summed E-state index contributed by atoms with van der Waals surface area (Å²) in [5.74, 6) is 0. The van der Waals surface area contributed by atoms with Crippen molar-refractivity contribution in [2.24, 2.45) is 0 Å². The first-order chi connectivity index (χ1) is 8.13. The van der Waals surface area contributed by atoms with E-state index in [9.17, 15) is 8.42 Å². The van der Waals surface area contributed by atoms with Gasteiger partial charge in [0.15, 0.2) is 0 Å². The fourth-order valence-corrected chi connectivity index (χ4v) is 4.49. The molecule has 1 aromatic rings. The summed E-state index contributed by atoms with van der Waals surface area (Å²) < 4.78 is 28.6. The Kier molecular flexibility index (Phi) is 4.19. The van der Waals surface area contributed by atoms with Gasteiger partial charge in [0.25, 0.3) is 10.2 Å². The second kappa shape index (κ2) is 5.48. The van der Waals surface area contributed by atoms with Crippen LogP contribution in [0.4, 0.5) is 0 Å². The van der Waals surface area contributed by atoms with E-state index in [0.29, 0.717) is 13.1 Å². The van der Waals surface area contributed by atoms with Crippen LogP contribution in [0.5, 0.6) is 0 Å². The van der Waals surface area contributed by atoms with Crippen molar-refractivity contribution >= 4 is 21.5 Å². The lowest BCUT2D eigenvalue weighted by atomic mass is 10.2. The van der Waals surface area contributed by atoms with Crippen LogP contribution >= 0.6 is 11.3 Å². The lowest BCUT2D eigenvalue weighted by molar-refractivity contribution is 0.452. The molecule has 0 radical (unpaired) electrons. The minimum Gasteiger partial charge on any atom is -0.195 e. The predicted octanol–water partition coefficient (Wildman–Crippen LogP) is 2.13. The van der Waals surface area contributed by atoms with E-state index in [1.165, 1.54) is 0 Å². The van der Waals surface area contributed by atoms with Crippen LogP contribution in [0.3, 0.4) is 0 Å². The van der Waals surface area contributed by atoms with Crippen LogP contribution in [0, 0.1) is 0 Å². The molecule has 6 heteroatoms. The Morgan fingerprint density at radius 1 is 1.47 bits per heavy atom. The van der Waals surface area contributed by atoms with Gasteiger partial charge >= 0.3 is 0 Å². The van der Waals surface area contributed by atoms with Crippen molar-refractivity contribution in [1.29, 1.82) is 0 Å². The third-order valence-corrected chi connectivity index (χ3v) is 5.60. The molecular formula is C11H18N2O2S2. The van der Waals surface area contributed by atoms with Crippen molar-refractivity contribution in [3.8, 4) is 0 Å². The molecule has 1 saturated heterocycles. The maximum absolute atomic E-state index is 12.1. The summed E-state index contributed by atoms with van der Waals surface area (Å²) in [6.07, 6.45) is 2.71. The van der Waals surface area contributed by atoms with Crippen LogP contribution in [0.15, 0.2) is 17.5 Å². The molecule has 0 spiro atoms. The predicted molar refractivity (Wildman–Crippen MR) is 70.2 cm³/mol. The average Bonchev–Trinajstić information content (AvgIpc) is 2.97. The van der Waals surface area contributed by atoms with Gasteiger partial charge in [0.05, 0.1) is 6.04 Å². The minimum atomic E-state index is -3.31. The molecule has 1 N–H and O–H groups in total. The quantitative estimate of drug-likeness (QED) is 0.894. The third-order valence-electron chi connectivity index (χ3n) is 2.99. The van der Waals surface area contributed by atoms with Gasteiger partial charge in [-0.1, -0.05) is 13.0 Å². The first-order valence-corrected chi connectivity index (χ1v) is 8.26. The van der Waals surface area contributed by atoms with Crippen molar-refractivity contribution in [2.45, 2.75) is 32.2 Å². The zero-order valence-corrected chi connectivity index (χ0v) is 11.6. The Morgan fingerprint density at radius 3 is 2.71 bits per heavy atom. The Labute approximate surface area is 107 Å². The van der Waals surface area contributed by atoms with Gasteiger partial charge in [0.2, 0.25) is 0 Å². The lowest BCUT2D eigenvalue weighted by Gasteiger charge is -2.21. The number of hydrogen-bond donors (Lipinski definition) is 1. The monoisotopic (exact) mass is 274 g/mol. The molecule has 1 unspecified atom stereocenters. The average molecular weight is 274 g/mol. The topological polar surface area (TPSA) is 49.4 Å². The highest BCUT2D eigenvalue weighted by atomic mass is 32.2. The van der Waals surface area contributed by atoms with E-state index >= 15 is 0 Å². The van der Waals surface area contributed by atoms with Crippen LogP contribution < -0.4 is 4.72 Å². The van der Waals surface area contributed by atoms with Crippen molar-refractivity contribution in [3.63, 3.8) is 0 Å². The molecule has 96 valence electrons. The number of nitrogens with one attached hydrogen (secondary N) is 1. The first-order valence-electron chi connectivity index (χ1n) is 5.94. The Morgan fingerprint density at radius 2 is 2.18 bits per heavy atom. The molecular weight excluding hydrogens is 256 g/mol. The molecule has 2 rings (SSSR count). The Hall–Kier alpha value is -0.430. The lowest BCUT2D eigenvalue weighted by Crippen LogP contribution is -2.40. The van der Waals surface area contributed by atoms with E-state index < -0.39 is 10.2 Å². The molecule has 2 heterocycles. The molecule has 1 aliphatic heterocycles. The summed E-state index contributed by atoms with van der Waals surface area (Å²) in [5, 5.41) is 1.97. The van der Waals surface area contributed by atoms with Gasteiger partial charge in [-0.05, 0) is 30.7 Å². The maximum Gasteiger partial charge on any atom is 0.280 e. The molecule has 0 bridgehead atoms. The summed E-state index contributed by atoms with van der Waals surface area (Å²) in [6.45, 7) is 3.29. The van der Waals surface area contributed by atoms with Crippen LogP contribution in [0.2, 0.25) is 0 Å². The SMILES string of the molecule is CCC(NS(=O)(=O)N1CCCC1)c1cccs1. The van der Waals surface area contributed by atoms with Gasteiger partial charge in [-0.3, -0.25) is 0 Å². The molecule has 1 atom stereocenters. The molecule has 1 aliphatic rings. The number of nitrogens with zero attached hydrogens (tertiary/aromatic N) is 1. The van der Waals surface area contributed by atoms with Gasteiger partial charge in [-0.2, -0.15) is 17.4 Å². The second-order valence-corrected chi connectivity index (χ2v) is 6.89. The number of hydrogen-bond acceptors (Lipinski definition) is 3. The Balaban J connectivity index is 2.08. The van der Waals surface area contributed by atoms with Crippen molar-refractivity contribution in [2.75, 3.05) is 13.1 Å². The molecule has 4 nitrogen and oxygen atoms in total. The van der Waals surface area contributed by atoms with E-state index in [1.807, 2.05) is 24.4 Å². The first kappa shape index (κ1) is 13.0. The molecule has 17 heavy (non-hydrogen) atoms. The fourth-order valence-electron chi connectivity index (χ4n) is 2.01. The maximum atomic E-state index is 12.1.